The number of phenolic OH excluding ortho intramolecular Hbond substituents is 1. The van der Waals surface area contributed by atoms with Crippen molar-refractivity contribution in [3.8, 4) is 5.75 Å². The molecule has 4 N–H and O–H groups in total. The number of carbonyl (C=O) groups is 1. The zero-order valence-electron chi connectivity index (χ0n) is 8.57. The molecule has 0 aliphatic rings. The van der Waals surface area contributed by atoms with E-state index in [2.05, 4.69) is 5.32 Å². The molecule has 4 nitrogen and oxygen atoms in total. The zero-order chi connectivity index (χ0) is 11.1. The molecule has 0 atom stereocenters. The molecule has 1 aromatic rings. The highest BCUT2D eigenvalue weighted by molar-refractivity contribution is 5.73. The molecule has 82 valence electrons. The maximum Gasteiger partial charge on any atom is 0.217 e. The maximum absolute atomic E-state index is 10.4. The van der Waals surface area contributed by atoms with Gasteiger partial charge in [0, 0.05) is 18.5 Å². The van der Waals surface area contributed by atoms with E-state index in [1.54, 1.807) is 12.1 Å². The highest BCUT2D eigenvalue weighted by atomic mass is 16.3. The van der Waals surface area contributed by atoms with Gasteiger partial charge in [0.1, 0.15) is 5.75 Å². The molecule has 0 aliphatic carbocycles. The van der Waals surface area contributed by atoms with E-state index in [0.717, 1.165) is 18.5 Å². The Morgan fingerprint density at radius 1 is 1.40 bits per heavy atom. The number of primary amides is 1. The molecule has 4 heteroatoms. The van der Waals surface area contributed by atoms with Crippen molar-refractivity contribution in [3.05, 3.63) is 29.8 Å². The molecule has 1 aromatic carbocycles. The molecule has 0 fully saturated rings. The first-order valence-electron chi connectivity index (χ1n) is 4.96. The Balaban J connectivity index is 2.21. The fourth-order valence-corrected chi connectivity index (χ4v) is 1.27. The van der Waals surface area contributed by atoms with Crippen LogP contribution in [0.2, 0.25) is 0 Å². The van der Waals surface area contributed by atoms with Crippen molar-refractivity contribution in [3.63, 3.8) is 0 Å². The van der Waals surface area contributed by atoms with Crippen LogP contribution in [0.25, 0.3) is 0 Å². The van der Waals surface area contributed by atoms with Crippen molar-refractivity contribution in [2.75, 3.05) is 6.54 Å². The van der Waals surface area contributed by atoms with Crippen molar-refractivity contribution in [1.29, 1.82) is 0 Å². The highest BCUT2D eigenvalue weighted by Gasteiger charge is 1.98. The summed E-state index contributed by atoms with van der Waals surface area (Å²) >= 11 is 0. The van der Waals surface area contributed by atoms with Crippen LogP contribution in [0, 0.1) is 0 Å². The molecule has 0 spiro atoms. The van der Waals surface area contributed by atoms with Crippen LogP contribution >= 0.6 is 0 Å². The van der Waals surface area contributed by atoms with E-state index in [4.69, 9.17) is 5.73 Å². The lowest BCUT2D eigenvalue weighted by Gasteiger charge is -2.05. The number of phenols is 1. The molecule has 1 amide bonds. The van der Waals surface area contributed by atoms with E-state index >= 15 is 0 Å². The van der Waals surface area contributed by atoms with E-state index in [9.17, 15) is 9.90 Å². The van der Waals surface area contributed by atoms with Gasteiger partial charge >= 0.3 is 0 Å². The van der Waals surface area contributed by atoms with E-state index < -0.39 is 0 Å². The van der Waals surface area contributed by atoms with Gasteiger partial charge in [0.15, 0.2) is 0 Å². The second-order valence-electron chi connectivity index (χ2n) is 3.38. The van der Waals surface area contributed by atoms with Gasteiger partial charge in [0.05, 0.1) is 0 Å². The van der Waals surface area contributed by atoms with Gasteiger partial charge in [-0.1, -0.05) is 18.2 Å². The average molecular weight is 208 g/mol. The third-order valence-corrected chi connectivity index (χ3v) is 2.08. The molecule has 0 heterocycles. The van der Waals surface area contributed by atoms with Gasteiger partial charge in [-0.05, 0) is 19.0 Å². The van der Waals surface area contributed by atoms with Gasteiger partial charge in [0.25, 0.3) is 0 Å². The molecule has 15 heavy (non-hydrogen) atoms. The maximum atomic E-state index is 10.4. The molecule has 0 saturated carbocycles. The number of benzene rings is 1. The fraction of sp³-hybridized carbons (Fsp3) is 0.364. The first kappa shape index (κ1) is 11.5. The molecular weight excluding hydrogens is 192 g/mol. The molecule has 0 radical (unpaired) electrons. The van der Waals surface area contributed by atoms with Gasteiger partial charge in [-0.3, -0.25) is 4.79 Å². The van der Waals surface area contributed by atoms with E-state index in [1.807, 2.05) is 12.1 Å². The number of rotatable bonds is 6. The molecule has 0 bridgehead atoms. The zero-order valence-corrected chi connectivity index (χ0v) is 8.57. The molecule has 0 aromatic heterocycles. The Labute approximate surface area is 89.1 Å². The number of para-hydroxylation sites is 1. The number of hydrogen-bond donors (Lipinski definition) is 3. The molecule has 0 unspecified atom stereocenters. The Morgan fingerprint density at radius 2 is 2.13 bits per heavy atom. The molecule has 0 saturated heterocycles. The van der Waals surface area contributed by atoms with Crippen LogP contribution < -0.4 is 11.1 Å². The van der Waals surface area contributed by atoms with Gasteiger partial charge < -0.3 is 16.2 Å². The van der Waals surface area contributed by atoms with Crippen molar-refractivity contribution in [2.45, 2.75) is 19.4 Å². The summed E-state index contributed by atoms with van der Waals surface area (Å²) in [4.78, 5) is 10.4. The predicted molar refractivity (Wildman–Crippen MR) is 58.2 cm³/mol. The van der Waals surface area contributed by atoms with Crippen LogP contribution in [0.1, 0.15) is 18.4 Å². The fourth-order valence-electron chi connectivity index (χ4n) is 1.27. The summed E-state index contributed by atoms with van der Waals surface area (Å²) in [6.07, 6.45) is 1.12. The number of aromatic hydroxyl groups is 1. The van der Waals surface area contributed by atoms with Crippen molar-refractivity contribution in [2.24, 2.45) is 5.73 Å². The van der Waals surface area contributed by atoms with Crippen molar-refractivity contribution < 1.29 is 9.90 Å². The summed E-state index contributed by atoms with van der Waals surface area (Å²) in [7, 11) is 0. The number of hydrogen-bond acceptors (Lipinski definition) is 3. The monoisotopic (exact) mass is 208 g/mol. The standard InChI is InChI=1S/C11H16N2O2/c12-11(15)6-3-7-13-8-9-4-1-2-5-10(9)14/h1-2,4-5,13-14H,3,6-8H2,(H2,12,15). The minimum Gasteiger partial charge on any atom is -0.508 e. The quantitative estimate of drug-likeness (QED) is 0.604. The number of nitrogens with two attached hydrogens (primary N) is 1. The summed E-state index contributed by atoms with van der Waals surface area (Å²) in [6.45, 7) is 1.32. The van der Waals surface area contributed by atoms with Gasteiger partial charge in [-0.15, -0.1) is 0 Å². The topological polar surface area (TPSA) is 75.4 Å². The minimum absolute atomic E-state index is 0.278. The van der Waals surface area contributed by atoms with Crippen LogP contribution in [0.5, 0.6) is 5.75 Å². The van der Waals surface area contributed by atoms with Crippen molar-refractivity contribution >= 4 is 5.91 Å². The van der Waals surface area contributed by atoms with Crippen LogP contribution in [0.15, 0.2) is 24.3 Å². The summed E-state index contributed by atoms with van der Waals surface area (Å²) in [5, 5.41) is 12.6. The lowest BCUT2D eigenvalue weighted by molar-refractivity contribution is -0.118. The van der Waals surface area contributed by atoms with Crippen LogP contribution in [0.4, 0.5) is 0 Å². The molecule has 1 rings (SSSR count). The van der Waals surface area contributed by atoms with Gasteiger partial charge in [-0.2, -0.15) is 0 Å². The number of nitrogens with one attached hydrogen (secondary N) is 1. The average Bonchev–Trinajstić information content (AvgIpc) is 2.20. The Kier molecular flexibility index (Phi) is 4.63. The van der Waals surface area contributed by atoms with E-state index in [1.165, 1.54) is 0 Å². The summed E-state index contributed by atoms with van der Waals surface area (Å²) < 4.78 is 0. The number of amides is 1. The van der Waals surface area contributed by atoms with Gasteiger partial charge in [-0.25, -0.2) is 0 Å². The predicted octanol–water partition coefficient (Wildman–Crippen LogP) is 0.747. The SMILES string of the molecule is NC(=O)CCCNCc1ccccc1O. The Morgan fingerprint density at radius 3 is 2.80 bits per heavy atom. The smallest absolute Gasteiger partial charge is 0.217 e. The van der Waals surface area contributed by atoms with E-state index in [-0.39, 0.29) is 5.91 Å². The first-order chi connectivity index (χ1) is 7.20. The first-order valence-corrected chi connectivity index (χ1v) is 4.96. The second-order valence-corrected chi connectivity index (χ2v) is 3.38. The third kappa shape index (κ3) is 4.46. The van der Waals surface area contributed by atoms with Crippen LogP contribution in [-0.2, 0) is 11.3 Å². The Bertz CT molecular complexity index is 326. The minimum atomic E-state index is -0.278. The lowest BCUT2D eigenvalue weighted by Crippen LogP contribution is -2.18. The lowest BCUT2D eigenvalue weighted by atomic mass is 10.2. The van der Waals surface area contributed by atoms with E-state index in [0.29, 0.717) is 18.7 Å². The summed E-state index contributed by atoms with van der Waals surface area (Å²) in [5.74, 6) is 0.0132. The normalized spacial score (nSPS) is 10.1. The number of carbonyl (C=O) groups excluding carboxylic acids is 1. The highest BCUT2D eigenvalue weighted by Crippen LogP contribution is 2.14. The summed E-state index contributed by atoms with van der Waals surface area (Å²) in [5.41, 5.74) is 5.86. The van der Waals surface area contributed by atoms with Gasteiger partial charge in [0.2, 0.25) is 5.91 Å². The summed E-state index contributed by atoms with van der Waals surface area (Å²) in [6, 6.07) is 7.17. The second kappa shape index (κ2) is 6.03. The largest absolute Gasteiger partial charge is 0.508 e. The van der Waals surface area contributed by atoms with Crippen LogP contribution in [0.3, 0.4) is 0 Å². The Hall–Kier alpha value is -1.55. The third-order valence-electron chi connectivity index (χ3n) is 2.08. The van der Waals surface area contributed by atoms with Crippen molar-refractivity contribution in [1.82, 2.24) is 5.32 Å². The molecular formula is C11H16N2O2. The molecule has 0 aliphatic heterocycles. The van der Waals surface area contributed by atoms with Crippen LogP contribution in [-0.4, -0.2) is 17.6 Å².